The van der Waals surface area contributed by atoms with E-state index in [1.807, 2.05) is 23.6 Å². The lowest BCUT2D eigenvalue weighted by atomic mass is 10.1. The summed E-state index contributed by atoms with van der Waals surface area (Å²) in [5.41, 5.74) is 2.04. The van der Waals surface area contributed by atoms with Gasteiger partial charge in [0.25, 0.3) is 0 Å². The lowest BCUT2D eigenvalue weighted by molar-refractivity contribution is -0.120. The molecule has 0 aliphatic heterocycles. The molecule has 0 spiro atoms. The number of nitrogens with one attached hydrogen (secondary N) is 1. The van der Waals surface area contributed by atoms with Gasteiger partial charge >= 0.3 is 0 Å². The number of oxazole rings is 1. The maximum absolute atomic E-state index is 12.1. The Morgan fingerprint density at radius 2 is 2.12 bits per heavy atom. The lowest BCUT2D eigenvalue weighted by Gasteiger charge is -2.03. The van der Waals surface area contributed by atoms with Crippen LogP contribution in [0.2, 0.25) is 0 Å². The summed E-state index contributed by atoms with van der Waals surface area (Å²) in [5, 5.41) is 5.00. The smallest absolute Gasteiger partial charge is 0.236 e. The number of hydrogen-bond acceptors (Lipinski definition) is 4. The molecular formula is C19H18N2O2S. The molecule has 1 aliphatic rings. The van der Waals surface area contributed by atoms with Gasteiger partial charge in [-0.3, -0.25) is 4.79 Å². The van der Waals surface area contributed by atoms with Gasteiger partial charge in [0.2, 0.25) is 11.8 Å². The third-order valence-electron chi connectivity index (χ3n) is 4.34. The van der Waals surface area contributed by atoms with Gasteiger partial charge in [-0.05, 0) is 35.3 Å². The number of nitrogens with zero attached hydrogens (tertiary/aromatic N) is 1. The lowest BCUT2D eigenvalue weighted by Crippen LogP contribution is -2.27. The summed E-state index contributed by atoms with van der Waals surface area (Å²) >= 11 is 1.57. The van der Waals surface area contributed by atoms with Gasteiger partial charge in [0.05, 0.1) is 17.0 Å². The molecule has 1 aliphatic carbocycles. The number of thiophene rings is 1. The molecule has 1 saturated carbocycles. The van der Waals surface area contributed by atoms with Crippen LogP contribution in [0.3, 0.4) is 0 Å². The third kappa shape index (κ3) is 3.41. The first-order chi connectivity index (χ1) is 11.8. The minimum atomic E-state index is -0.000240. The first kappa shape index (κ1) is 15.1. The highest BCUT2D eigenvalue weighted by Crippen LogP contribution is 2.46. The van der Waals surface area contributed by atoms with Gasteiger partial charge in [-0.15, -0.1) is 11.3 Å². The Morgan fingerprint density at radius 1 is 1.25 bits per heavy atom. The Morgan fingerprint density at radius 3 is 2.92 bits per heavy atom. The minimum absolute atomic E-state index is 0.000240. The van der Waals surface area contributed by atoms with Crippen molar-refractivity contribution in [1.82, 2.24) is 10.3 Å². The summed E-state index contributed by atoms with van der Waals surface area (Å²) in [6.45, 7) is 0.730. The van der Waals surface area contributed by atoms with E-state index in [1.165, 1.54) is 5.56 Å². The second kappa shape index (κ2) is 6.61. The summed E-state index contributed by atoms with van der Waals surface area (Å²) in [6.07, 6.45) is 2.98. The van der Waals surface area contributed by atoms with Gasteiger partial charge in [0, 0.05) is 6.54 Å². The Bertz CT molecular complexity index is 811. The molecule has 4 nitrogen and oxygen atoms in total. The van der Waals surface area contributed by atoms with Crippen LogP contribution in [-0.2, 0) is 11.2 Å². The summed E-state index contributed by atoms with van der Waals surface area (Å²) in [4.78, 5) is 17.5. The van der Waals surface area contributed by atoms with Crippen LogP contribution in [0.25, 0.3) is 10.8 Å². The fourth-order valence-electron chi connectivity index (χ4n) is 2.96. The van der Waals surface area contributed by atoms with Crippen molar-refractivity contribution < 1.29 is 9.21 Å². The first-order valence-corrected chi connectivity index (χ1v) is 8.97. The predicted octanol–water partition coefficient (Wildman–Crippen LogP) is 3.87. The highest BCUT2D eigenvalue weighted by molar-refractivity contribution is 7.13. The van der Waals surface area contributed by atoms with E-state index in [1.54, 1.807) is 17.6 Å². The summed E-state index contributed by atoms with van der Waals surface area (Å²) in [6, 6.07) is 14.4. The second-order valence-electron chi connectivity index (χ2n) is 6.12. The van der Waals surface area contributed by atoms with Gasteiger partial charge in [-0.25, -0.2) is 4.98 Å². The van der Waals surface area contributed by atoms with E-state index in [4.69, 9.17) is 4.42 Å². The number of hydrogen-bond donors (Lipinski definition) is 1. The standard InChI is InChI=1S/C19H18N2O2S/c22-18(10-15-12-23-19(21-15)17-7-4-8-24-17)20-11-14-9-16(14)13-5-2-1-3-6-13/h1-8,12,14,16H,9-11H2,(H,20,22)/t14-,16+/m0/s1. The first-order valence-electron chi connectivity index (χ1n) is 8.09. The van der Waals surface area contributed by atoms with Gasteiger partial charge < -0.3 is 9.73 Å². The highest BCUT2D eigenvalue weighted by Gasteiger charge is 2.37. The van der Waals surface area contributed by atoms with Crippen molar-refractivity contribution in [1.29, 1.82) is 0 Å². The SMILES string of the molecule is O=C(Cc1coc(-c2cccs2)n1)NC[C@@H]1C[C@@H]1c1ccccc1. The van der Waals surface area contributed by atoms with E-state index < -0.39 is 0 Å². The highest BCUT2D eigenvalue weighted by atomic mass is 32.1. The average Bonchev–Trinajstić information content (AvgIpc) is 2.99. The van der Waals surface area contributed by atoms with Crippen LogP contribution in [0.4, 0.5) is 0 Å². The molecule has 2 atom stereocenters. The molecule has 5 heteroatoms. The fraction of sp³-hybridized carbons (Fsp3) is 0.263. The molecule has 1 amide bonds. The van der Waals surface area contributed by atoms with E-state index in [9.17, 15) is 4.79 Å². The quantitative estimate of drug-likeness (QED) is 0.742. The average molecular weight is 338 g/mol. The summed E-state index contributed by atoms with van der Waals surface area (Å²) < 4.78 is 5.44. The van der Waals surface area contributed by atoms with Gasteiger partial charge in [-0.2, -0.15) is 0 Å². The maximum Gasteiger partial charge on any atom is 0.236 e. The van der Waals surface area contributed by atoms with Crippen molar-refractivity contribution >= 4 is 17.2 Å². The molecule has 4 rings (SSSR count). The van der Waals surface area contributed by atoms with Crippen LogP contribution >= 0.6 is 11.3 Å². The molecule has 1 aromatic carbocycles. The predicted molar refractivity (Wildman–Crippen MR) is 93.8 cm³/mol. The van der Waals surface area contributed by atoms with Crippen molar-refractivity contribution in [2.24, 2.45) is 5.92 Å². The van der Waals surface area contributed by atoms with E-state index in [0.717, 1.165) is 17.8 Å². The second-order valence-corrected chi connectivity index (χ2v) is 7.06. The summed E-state index contributed by atoms with van der Waals surface area (Å²) in [7, 11) is 0. The number of carbonyl (C=O) groups is 1. The third-order valence-corrected chi connectivity index (χ3v) is 5.19. The zero-order chi connectivity index (χ0) is 16.4. The molecular weight excluding hydrogens is 320 g/mol. The van der Waals surface area contributed by atoms with E-state index in [-0.39, 0.29) is 12.3 Å². The van der Waals surface area contributed by atoms with Crippen LogP contribution in [0.5, 0.6) is 0 Å². The van der Waals surface area contributed by atoms with Crippen molar-refractivity contribution in [3.8, 4) is 10.8 Å². The molecule has 3 aromatic rings. The van der Waals surface area contributed by atoms with Crippen molar-refractivity contribution in [3.05, 3.63) is 65.4 Å². The molecule has 0 unspecified atom stereocenters. The zero-order valence-electron chi connectivity index (χ0n) is 13.1. The van der Waals surface area contributed by atoms with Crippen molar-refractivity contribution in [3.63, 3.8) is 0 Å². The Hall–Kier alpha value is -2.40. The molecule has 122 valence electrons. The van der Waals surface area contributed by atoms with Crippen LogP contribution < -0.4 is 5.32 Å². The van der Waals surface area contributed by atoms with Gasteiger partial charge in [-0.1, -0.05) is 36.4 Å². The molecule has 2 heterocycles. The zero-order valence-corrected chi connectivity index (χ0v) is 14.0. The van der Waals surface area contributed by atoms with Crippen molar-refractivity contribution in [2.45, 2.75) is 18.8 Å². The Labute approximate surface area is 144 Å². The van der Waals surface area contributed by atoms with Gasteiger partial charge in [0.15, 0.2) is 0 Å². The van der Waals surface area contributed by atoms with Gasteiger partial charge in [0.1, 0.15) is 6.26 Å². The fourth-order valence-corrected chi connectivity index (χ4v) is 3.61. The molecule has 24 heavy (non-hydrogen) atoms. The van der Waals surface area contributed by atoms with E-state index >= 15 is 0 Å². The topological polar surface area (TPSA) is 55.1 Å². The molecule has 1 fully saturated rings. The normalized spacial score (nSPS) is 19.2. The number of carbonyl (C=O) groups excluding carboxylic acids is 1. The summed E-state index contributed by atoms with van der Waals surface area (Å²) in [5.74, 6) is 1.72. The van der Waals surface area contributed by atoms with E-state index in [0.29, 0.717) is 23.4 Å². The molecule has 2 aromatic heterocycles. The van der Waals surface area contributed by atoms with Crippen LogP contribution in [0.1, 0.15) is 23.6 Å². The molecule has 0 radical (unpaired) electrons. The molecule has 0 saturated heterocycles. The number of aromatic nitrogens is 1. The van der Waals surface area contributed by atoms with Crippen molar-refractivity contribution in [2.75, 3.05) is 6.54 Å². The maximum atomic E-state index is 12.1. The Balaban J connectivity index is 1.26. The minimum Gasteiger partial charge on any atom is -0.444 e. The van der Waals surface area contributed by atoms with Crippen LogP contribution in [0, 0.1) is 5.92 Å². The monoisotopic (exact) mass is 338 g/mol. The van der Waals surface area contributed by atoms with E-state index in [2.05, 4.69) is 34.6 Å². The van der Waals surface area contributed by atoms with Crippen LogP contribution in [0.15, 0.2) is 58.5 Å². The molecule has 1 N–H and O–H groups in total. The number of amides is 1. The number of rotatable bonds is 6. The number of benzene rings is 1. The van der Waals surface area contributed by atoms with Crippen LogP contribution in [-0.4, -0.2) is 17.4 Å². The largest absolute Gasteiger partial charge is 0.444 e. The molecule has 0 bridgehead atoms. The Kier molecular flexibility index (Phi) is 4.17.